The van der Waals surface area contributed by atoms with Crippen molar-refractivity contribution >= 4 is 6.09 Å². The van der Waals surface area contributed by atoms with Crippen molar-refractivity contribution < 1.29 is 18.7 Å². The second-order valence-corrected chi connectivity index (χ2v) is 4.25. The first-order chi connectivity index (χ1) is 9.20. The number of methoxy groups -OCH3 is 1. The molecule has 1 saturated heterocycles. The van der Waals surface area contributed by atoms with Crippen molar-refractivity contribution in [2.75, 3.05) is 33.3 Å². The van der Waals surface area contributed by atoms with E-state index in [1.165, 1.54) is 25.3 Å². The maximum Gasteiger partial charge on any atom is 0.410 e. The van der Waals surface area contributed by atoms with Crippen molar-refractivity contribution in [1.29, 1.82) is 0 Å². The Morgan fingerprint density at radius 1 is 1.42 bits per heavy atom. The predicted molar refractivity (Wildman–Crippen MR) is 67.6 cm³/mol. The van der Waals surface area contributed by atoms with Crippen LogP contribution in [0.5, 0.6) is 5.75 Å². The van der Waals surface area contributed by atoms with E-state index in [0.717, 1.165) is 13.1 Å². The minimum Gasteiger partial charge on any atom is -0.496 e. The number of amides is 1. The maximum absolute atomic E-state index is 13.1. The highest BCUT2D eigenvalue weighted by atomic mass is 19.1. The molecule has 1 heterocycles. The van der Waals surface area contributed by atoms with E-state index in [-0.39, 0.29) is 18.5 Å². The molecule has 0 radical (unpaired) electrons. The molecular formula is C13H17FN2O3. The Morgan fingerprint density at radius 2 is 2.16 bits per heavy atom. The Balaban J connectivity index is 1.94. The minimum atomic E-state index is -0.382. The summed E-state index contributed by atoms with van der Waals surface area (Å²) < 4.78 is 23.4. The third-order valence-electron chi connectivity index (χ3n) is 2.97. The lowest BCUT2D eigenvalue weighted by molar-refractivity contribution is 0.0911. The molecule has 1 aromatic rings. The number of carbonyl (C=O) groups is 1. The Bertz CT molecular complexity index is 448. The molecule has 1 N–H and O–H groups in total. The fourth-order valence-corrected chi connectivity index (χ4v) is 1.94. The van der Waals surface area contributed by atoms with Crippen LogP contribution in [-0.2, 0) is 11.3 Å². The lowest BCUT2D eigenvalue weighted by Gasteiger charge is -2.26. The van der Waals surface area contributed by atoms with Crippen LogP contribution < -0.4 is 10.1 Å². The second kappa shape index (κ2) is 6.38. The lowest BCUT2D eigenvalue weighted by Crippen LogP contribution is -2.46. The molecule has 0 saturated carbocycles. The standard InChI is InChI=1S/C13H17FN2O3/c1-18-12-3-2-11(14)8-10(12)9-19-13(17)16-6-4-15-5-7-16/h2-3,8,15H,4-7,9H2,1H3. The van der Waals surface area contributed by atoms with Crippen LogP contribution in [-0.4, -0.2) is 44.3 Å². The molecule has 0 atom stereocenters. The Morgan fingerprint density at radius 3 is 2.84 bits per heavy atom. The number of nitrogens with zero attached hydrogens (tertiary/aromatic N) is 1. The van der Waals surface area contributed by atoms with E-state index in [0.29, 0.717) is 24.4 Å². The zero-order chi connectivity index (χ0) is 13.7. The monoisotopic (exact) mass is 268 g/mol. The molecular weight excluding hydrogens is 251 g/mol. The lowest BCUT2D eigenvalue weighted by atomic mass is 10.2. The molecule has 1 aliphatic rings. The molecule has 0 aromatic heterocycles. The van der Waals surface area contributed by atoms with Gasteiger partial charge in [0, 0.05) is 31.7 Å². The van der Waals surface area contributed by atoms with E-state index in [1.807, 2.05) is 0 Å². The van der Waals surface area contributed by atoms with Crippen molar-refractivity contribution in [2.45, 2.75) is 6.61 Å². The summed E-state index contributed by atoms with van der Waals surface area (Å²) >= 11 is 0. The van der Waals surface area contributed by atoms with E-state index >= 15 is 0 Å². The van der Waals surface area contributed by atoms with Crippen LogP contribution in [0.15, 0.2) is 18.2 Å². The molecule has 5 nitrogen and oxygen atoms in total. The maximum atomic E-state index is 13.1. The van der Waals surface area contributed by atoms with Gasteiger partial charge in [0.15, 0.2) is 0 Å². The van der Waals surface area contributed by atoms with Crippen molar-refractivity contribution in [2.24, 2.45) is 0 Å². The average Bonchev–Trinajstić information content (AvgIpc) is 2.46. The molecule has 2 rings (SSSR count). The Kier molecular flexibility index (Phi) is 4.57. The van der Waals surface area contributed by atoms with Gasteiger partial charge in [-0.25, -0.2) is 9.18 Å². The predicted octanol–water partition coefficient (Wildman–Crippen LogP) is 1.38. The van der Waals surface area contributed by atoms with Crippen LogP contribution in [0.25, 0.3) is 0 Å². The van der Waals surface area contributed by atoms with E-state index in [1.54, 1.807) is 4.90 Å². The summed E-state index contributed by atoms with van der Waals surface area (Å²) in [5.74, 6) is 0.128. The van der Waals surface area contributed by atoms with Gasteiger partial charge in [-0.1, -0.05) is 0 Å². The van der Waals surface area contributed by atoms with E-state index < -0.39 is 0 Å². The Labute approximate surface area is 111 Å². The highest BCUT2D eigenvalue weighted by Crippen LogP contribution is 2.20. The zero-order valence-electron chi connectivity index (χ0n) is 10.8. The Hall–Kier alpha value is -1.82. The minimum absolute atomic E-state index is 0.00367. The molecule has 0 unspecified atom stereocenters. The number of halogens is 1. The first kappa shape index (κ1) is 13.6. The van der Waals surface area contributed by atoms with Crippen molar-refractivity contribution in [3.05, 3.63) is 29.6 Å². The summed E-state index contributed by atoms with van der Waals surface area (Å²) in [6, 6.07) is 4.13. The summed E-state index contributed by atoms with van der Waals surface area (Å²) in [6.45, 7) is 2.78. The van der Waals surface area contributed by atoms with Gasteiger partial charge >= 0.3 is 6.09 Å². The van der Waals surface area contributed by atoms with Crippen LogP contribution >= 0.6 is 0 Å². The normalized spacial score (nSPS) is 15.2. The molecule has 104 valence electrons. The van der Waals surface area contributed by atoms with Gasteiger partial charge in [-0.2, -0.15) is 0 Å². The number of hydrogen-bond donors (Lipinski definition) is 1. The van der Waals surface area contributed by atoms with Gasteiger partial charge in [-0.15, -0.1) is 0 Å². The molecule has 0 bridgehead atoms. The highest BCUT2D eigenvalue weighted by Gasteiger charge is 2.18. The highest BCUT2D eigenvalue weighted by molar-refractivity contribution is 5.67. The fraction of sp³-hybridized carbons (Fsp3) is 0.462. The van der Waals surface area contributed by atoms with Gasteiger partial charge < -0.3 is 19.7 Å². The smallest absolute Gasteiger partial charge is 0.410 e. The first-order valence-electron chi connectivity index (χ1n) is 6.15. The van der Waals surface area contributed by atoms with Gasteiger partial charge in [0.2, 0.25) is 0 Å². The number of hydrogen-bond acceptors (Lipinski definition) is 4. The topological polar surface area (TPSA) is 50.8 Å². The van der Waals surface area contributed by atoms with Gasteiger partial charge in [0.1, 0.15) is 18.2 Å². The van der Waals surface area contributed by atoms with Crippen LogP contribution in [0, 0.1) is 5.82 Å². The van der Waals surface area contributed by atoms with E-state index in [2.05, 4.69) is 5.32 Å². The number of carbonyl (C=O) groups excluding carboxylic acids is 1. The zero-order valence-corrected chi connectivity index (χ0v) is 10.8. The number of nitrogens with one attached hydrogen (secondary N) is 1. The van der Waals surface area contributed by atoms with E-state index in [9.17, 15) is 9.18 Å². The summed E-state index contributed by atoms with van der Waals surface area (Å²) in [7, 11) is 1.49. The van der Waals surface area contributed by atoms with Crippen LogP contribution in [0.1, 0.15) is 5.56 Å². The largest absolute Gasteiger partial charge is 0.496 e. The van der Waals surface area contributed by atoms with Crippen LogP contribution in [0.2, 0.25) is 0 Å². The van der Waals surface area contributed by atoms with Crippen molar-refractivity contribution in [1.82, 2.24) is 10.2 Å². The summed E-state index contributed by atoms with van der Waals surface area (Å²) in [5, 5.41) is 3.15. The van der Waals surface area contributed by atoms with Crippen molar-refractivity contribution in [3.8, 4) is 5.75 Å². The van der Waals surface area contributed by atoms with Crippen LogP contribution in [0.4, 0.5) is 9.18 Å². The number of ether oxygens (including phenoxy) is 2. The number of benzene rings is 1. The molecule has 6 heteroatoms. The summed E-state index contributed by atoms with van der Waals surface area (Å²) in [6.07, 6.45) is -0.382. The third-order valence-corrected chi connectivity index (χ3v) is 2.97. The molecule has 1 aromatic carbocycles. The molecule has 1 fully saturated rings. The first-order valence-corrected chi connectivity index (χ1v) is 6.15. The van der Waals surface area contributed by atoms with Gasteiger partial charge in [0.25, 0.3) is 0 Å². The average molecular weight is 268 g/mol. The molecule has 1 amide bonds. The summed E-state index contributed by atoms with van der Waals surface area (Å²) in [4.78, 5) is 13.4. The number of rotatable bonds is 3. The summed E-state index contributed by atoms with van der Waals surface area (Å²) in [5.41, 5.74) is 0.519. The van der Waals surface area contributed by atoms with E-state index in [4.69, 9.17) is 9.47 Å². The third kappa shape index (κ3) is 3.57. The fourth-order valence-electron chi connectivity index (χ4n) is 1.94. The van der Waals surface area contributed by atoms with Gasteiger partial charge in [-0.05, 0) is 18.2 Å². The quantitative estimate of drug-likeness (QED) is 0.899. The molecule has 0 aliphatic carbocycles. The van der Waals surface area contributed by atoms with Gasteiger partial charge in [0.05, 0.1) is 7.11 Å². The molecule has 0 spiro atoms. The second-order valence-electron chi connectivity index (χ2n) is 4.25. The molecule has 19 heavy (non-hydrogen) atoms. The molecule has 1 aliphatic heterocycles. The SMILES string of the molecule is COc1ccc(F)cc1COC(=O)N1CCNCC1. The van der Waals surface area contributed by atoms with Crippen molar-refractivity contribution in [3.63, 3.8) is 0 Å². The number of piperazine rings is 1. The van der Waals surface area contributed by atoms with Gasteiger partial charge in [-0.3, -0.25) is 0 Å². The van der Waals surface area contributed by atoms with Crippen LogP contribution in [0.3, 0.4) is 0 Å².